The fraction of sp³-hybridized carbons (Fsp3) is 0. The highest BCUT2D eigenvalue weighted by atomic mass is 35.5. The summed E-state index contributed by atoms with van der Waals surface area (Å²) in [5.41, 5.74) is 2.34. The normalized spacial score (nSPS) is 11.4. The van der Waals surface area contributed by atoms with Gasteiger partial charge in [0.1, 0.15) is 5.82 Å². The number of nitro groups is 1. The number of H-pyrrole nitrogens is 1. The first-order valence-corrected chi connectivity index (χ1v) is 7.30. The lowest BCUT2D eigenvalue weighted by molar-refractivity contribution is -0.400. The fourth-order valence-corrected chi connectivity index (χ4v) is 2.86. The molecule has 1 N–H and O–H groups in total. The van der Waals surface area contributed by atoms with Crippen LogP contribution in [0, 0.1) is 15.9 Å². The fourth-order valence-electron chi connectivity index (χ4n) is 2.40. The van der Waals surface area contributed by atoms with E-state index in [1.54, 1.807) is 24.3 Å². The monoisotopic (exact) mass is 350 g/mol. The van der Waals surface area contributed by atoms with E-state index in [4.69, 9.17) is 23.2 Å². The molecule has 23 heavy (non-hydrogen) atoms. The number of aromatic nitrogens is 1. The third-order valence-electron chi connectivity index (χ3n) is 3.39. The highest BCUT2D eigenvalue weighted by Crippen LogP contribution is 2.38. The van der Waals surface area contributed by atoms with Crippen LogP contribution in [0.25, 0.3) is 28.2 Å². The van der Waals surface area contributed by atoms with Crippen LogP contribution in [0.1, 0.15) is 5.56 Å². The molecule has 0 atom stereocenters. The molecule has 0 fully saturated rings. The topological polar surface area (TPSA) is 58.9 Å². The third kappa shape index (κ3) is 2.93. The quantitative estimate of drug-likeness (QED) is 0.498. The highest BCUT2D eigenvalue weighted by molar-refractivity contribution is 6.40. The lowest BCUT2D eigenvalue weighted by Gasteiger charge is -2.01. The Hall–Kier alpha value is -2.37. The zero-order chi connectivity index (χ0) is 16.6. The molecule has 0 spiro atoms. The molecule has 7 heteroatoms. The van der Waals surface area contributed by atoms with Gasteiger partial charge in [-0.15, -0.1) is 0 Å². The lowest BCUT2D eigenvalue weighted by atomic mass is 10.0. The molecule has 0 amide bonds. The van der Waals surface area contributed by atoms with Crippen LogP contribution in [-0.4, -0.2) is 9.91 Å². The van der Waals surface area contributed by atoms with Crippen LogP contribution in [0.4, 0.5) is 4.39 Å². The predicted molar refractivity (Wildman–Crippen MR) is 89.7 cm³/mol. The maximum absolute atomic E-state index is 13.1. The number of hydrogen-bond donors (Lipinski definition) is 1. The minimum atomic E-state index is -0.564. The maximum Gasteiger partial charge on any atom is 0.235 e. The Balaban J connectivity index is 2.34. The molecule has 2 aromatic carbocycles. The van der Waals surface area contributed by atoms with E-state index in [-0.39, 0.29) is 5.82 Å². The molecular weight excluding hydrogens is 342 g/mol. The summed E-state index contributed by atoms with van der Waals surface area (Å²) in [6.45, 7) is 0. The Labute approximate surface area is 140 Å². The van der Waals surface area contributed by atoms with E-state index >= 15 is 0 Å². The smallest absolute Gasteiger partial charge is 0.235 e. The van der Waals surface area contributed by atoms with Gasteiger partial charge in [0.25, 0.3) is 0 Å². The first kappa shape index (κ1) is 15.5. The maximum atomic E-state index is 13.1. The number of fused-ring (bicyclic) bond motifs is 1. The van der Waals surface area contributed by atoms with Gasteiger partial charge in [0.05, 0.1) is 26.2 Å². The van der Waals surface area contributed by atoms with Gasteiger partial charge in [0.15, 0.2) is 0 Å². The van der Waals surface area contributed by atoms with Crippen molar-refractivity contribution in [2.45, 2.75) is 0 Å². The van der Waals surface area contributed by atoms with Crippen molar-refractivity contribution in [1.82, 2.24) is 4.98 Å². The summed E-state index contributed by atoms with van der Waals surface area (Å²) >= 11 is 12.4. The SMILES string of the molecule is O=[N+]([O-])C=Cc1c(-c2ccc(F)cc2)[nH]c2c(Cl)ccc(Cl)c12. The van der Waals surface area contributed by atoms with E-state index in [0.29, 0.717) is 37.8 Å². The van der Waals surface area contributed by atoms with Crippen LogP contribution in [0.5, 0.6) is 0 Å². The van der Waals surface area contributed by atoms with Crippen LogP contribution in [0.15, 0.2) is 42.6 Å². The number of halogens is 3. The average molecular weight is 351 g/mol. The Bertz CT molecular complexity index is 933. The zero-order valence-corrected chi connectivity index (χ0v) is 13.0. The molecule has 0 aliphatic heterocycles. The highest BCUT2D eigenvalue weighted by Gasteiger charge is 2.16. The Kier molecular flexibility index (Phi) is 4.07. The molecule has 0 radical (unpaired) electrons. The van der Waals surface area contributed by atoms with Crippen molar-refractivity contribution >= 4 is 40.2 Å². The van der Waals surface area contributed by atoms with Crippen molar-refractivity contribution < 1.29 is 9.31 Å². The minimum absolute atomic E-state index is 0.372. The summed E-state index contributed by atoms with van der Waals surface area (Å²) in [5.74, 6) is -0.372. The molecule has 3 aromatic rings. The van der Waals surface area contributed by atoms with Gasteiger partial charge >= 0.3 is 0 Å². The minimum Gasteiger partial charge on any atom is -0.353 e. The van der Waals surface area contributed by atoms with Crippen LogP contribution in [0.3, 0.4) is 0 Å². The van der Waals surface area contributed by atoms with Gasteiger partial charge in [-0.25, -0.2) is 4.39 Å². The molecule has 0 saturated carbocycles. The molecule has 0 bridgehead atoms. The second-order valence-corrected chi connectivity index (χ2v) is 5.62. The van der Waals surface area contributed by atoms with Crippen molar-refractivity contribution in [2.24, 2.45) is 0 Å². The summed E-state index contributed by atoms with van der Waals surface area (Å²) in [6, 6.07) is 9.03. The van der Waals surface area contributed by atoms with E-state index in [9.17, 15) is 14.5 Å². The lowest BCUT2D eigenvalue weighted by Crippen LogP contribution is -1.85. The molecule has 4 nitrogen and oxygen atoms in total. The largest absolute Gasteiger partial charge is 0.353 e. The molecule has 1 aromatic heterocycles. The summed E-state index contributed by atoms with van der Waals surface area (Å²) in [5, 5.41) is 12.1. The van der Waals surface area contributed by atoms with Gasteiger partial charge in [-0.2, -0.15) is 0 Å². The number of aromatic amines is 1. The molecule has 0 unspecified atom stereocenters. The van der Waals surface area contributed by atoms with E-state index in [2.05, 4.69) is 4.98 Å². The summed E-state index contributed by atoms with van der Waals surface area (Å²) in [7, 11) is 0. The van der Waals surface area contributed by atoms with Gasteiger partial charge in [-0.1, -0.05) is 23.2 Å². The average Bonchev–Trinajstić information content (AvgIpc) is 2.90. The second kappa shape index (κ2) is 6.02. The van der Waals surface area contributed by atoms with E-state index < -0.39 is 4.92 Å². The van der Waals surface area contributed by atoms with Gasteiger partial charge in [0.2, 0.25) is 6.20 Å². The van der Waals surface area contributed by atoms with E-state index in [0.717, 1.165) is 6.20 Å². The van der Waals surface area contributed by atoms with Crippen molar-refractivity contribution in [1.29, 1.82) is 0 Å². The van der Waals surface area contributed by atoms with Gasteiger partial charge in [-0.05, 0) is 42.0 Å². The van der Waals surface area contributed by atoms with Gasteiger partial charge in [0, 0.05) is 17.0 Å². The number of benzene rings is 2. The molecule has 1 heterocycles. The Morgan fingerprint density at radius 1 is 1.09 bits per heavy atom. The van der Waals surface area contributed by atoms with Gasteiger partial charge in [-0.3, -0.25) is 10.1 Å². The van der Waals surface area contributed by atoms with Crippen molar-refractivity contribution in [3.05, 3.63) is 74.1 Å². The van der Waals surface area contributed by atoms with Crippen molar-refractivity contribution in [3.63, 3.8) is 0 Å². The number of rotatable bonds is 3. The second-order valence-electron chi connectivity index (χ2n) is 4.80. The third-order valence-corrected chi connectivity index (χ3v) is 4.02. The summed E-state index contributed by atoms with van der Waals surface area (Å²) in [6.07, 6.45) is 2.17. The molecule has 116 valence electrons. The number of nitrogens with one attached hydrogen (secondary N) is 1. The van der Waals surface area contributed by atoms with Crippen LogP contribution in [0.2, 0.25) is 10.0 Å². The number of nitrogens with zero attached hydrogens (tertiary/aromatic N) is 1. The first-order valence-electron chi connectivity index (χ1n) is 6.54. The predicted octanol–water partition coefficient (Wildman–Crippen LogP) is 5.53. The van der Waals surface area contributed by atoms with Crippen LogP contribution < -0.4 is 0 Å². The van der Waals surface area contributed by atoms with Gasteiger partial charge < -0.3 is 4.98 Å². The molecule has 0 aliphatic carbocycles. The van der Waals surface area contributed by atoms with Crippen LogP contribution in [-0.2, 0) is 0 Å². The Morgan fingerprint density at radius 2 is 1.74 bits per heavy atom. The summed E-state index contributed by atoms with van der Waals surface area (Å²) < 4.78 is 13.1. The molecular formula is C16H9Cl2FN2O2. The molecule has 0 aliphatic rings. The van der Waals surface area contributed by atoms with Crippen LogP contribution >= 0.6 is 23.2 Å². The molecule has 3 rings (SSSR count). The van der Waals surface area contributed by atoms with Crippen molar-refractivity contribution in [2.75, 3.05) is 0 Å². The number of hydrogen-bond acceptors (Lipinski definition) is 2. The standard InChI is InChI=1S/C16H9Cl2FN2O2/c17-12-5-6-13(18)16-14(12)11(7-8-21(22)23)15(20-16)9-1-3-10(19)4-2-9/h1-8,20H. The first-order chi connectivity index (χ1) is 11.0. The molecule has 0 saturated heterocycles. The van der Waals surface area contributed by atoms with E-state index in [1.807, 2.05) is 0 Å². The zero-order valence-electron chi connectivity index (χ0n) is 11.5. The summed E-state index contributed by atoms with van der Waals surface area (Å²) in [4.78, 5) is 13.2. The van der Waals surface area contributed by atoms with E-state index in [1.165, 1.54) is 18.2 Å². The van der Waals surface area contributed by atoms with Crippen molar-refractivity contribution in [3.8, 4) is 11.3 Å². The Morgan fingerprint density at radius 3 is 2.39 bits per heavy atom.